The molecular formula is C73H128N12O14. The summed E-state index contributed by atoms with van der Waals surface area (Å²) in [5, 5.41) is 32.3. The Morgan fingerprint density at radius 2 is 1.12 bits per heavy atom. The number of Topliss-reactive ketones (excluding diaryl/α,β-unsaturated/α-hetero) is 4. The minimum absolute atomic E-state index is 0.0474. The smallest absolute Gasteiger partial charge is 0.245 e. The fourth-order valence-corrected chi connectivity index (χ4v) is 13.8. The molecule has 1 aromatic heterocycles. The van der Waals surface area contributed by atoms with E-state index < -0.39 is 167 Å². The number of ketones is 4. The van der Waals surface area contributed by atoms with Crippen LogP contribution in [0.4, 0.5) is 0 Å². The van der Waals surface area contributed by atoms with Crippen molar-refractivity contribution in [2.75, 3.05) is 67.6 Å². The molecule has 26 heteroatoms. The fraction of sp³-hybridized carbons (Fsp3) is 0.836. The Hall–Kier alpha value is -6.12. The van der Waals surface area contributed by atoms with E-state index in [1.54, 1.807) is 74.0 Å². The van der Waals surface area contributed by atoms with Crippen LogP contribution >= 0.6 is 0 Å². The van der Waals surface area contributed by atoms with Gasteiger partial charge in [-0.15, -0.1) is 5.10 Å². The first kappa shape index (κ1) is 87.1. The summed E-state index contributed by atoms with van der Waals surface area (Å²) in [7, 11) is 7.68. The molecule has 0 saturated carbocycles. The average Bonchev–Trinajstić information content (AvgIpc) is 1.08. The Morgan fingerprint density at radius 3 is 1.67 bits per heavy atom. The van der Waals surface area contributed by atoms with Crippen LogP contribution in [0.3, 0.4) is 0 Å². The summed E-state index contributed by atoms with van der Waals surface area (Å²) in [5.41, 5.74) is 0. The number of tetrazole rings is 1. The lowest BCUT2D eigenvalue weighted by Gasteiger charge is -2.36. The number of aliphatic hydroxyl groups excluding tert-OH is 1. The molecule has 0 aliphatic carbocycles. The highest BCUT2D eigenvalue weighted by atomic mass is 16.5. The van der Waals surface area contributed by atoms with E-state index in [2.05, 4.69) is 36.4 Å². The number of aromatic nitrogens is 4. The van der Waals surface area contributed by atoms with Gasteiger partial charge in [0.2, 0.25) is 41.4 Å². The van der Waals surface area contributed by atoms with E-state index in [9.17, 15) is 43.5 Å². The molecule has 0 radical (unpaired) electrons. The Bertz CT molecular complexity index is 2790. The molecule has 26 nitrogen and oxygen atoms in total. The number of aliphatic hydroxyl groups is 1. The number of likely N-dealkylation sites (N-methyl/N-ethyl adjacent to an activating group) is 4. The van der Waals surface area contributed by atoms with E-state index in [0.29, 0.717) is 44.7 Å². The van der Waals surface area contributed by atoms with Gasteiger partial charge in [-0.05, 0) is 118 Å². The van der Waals surface area contributed by atoms with Crippen LogP contribution < -0.4 is 16.0 Å². The summed E-state index contributed by atoms with van der Waals surface area (Å²) in [6.07, 6.45) is 1.55. The first-order valence-electron chi connectivity index (χ1n) is 36.8. The number of unbranched alkanes of at least 4 members (excludes halogenated alkanes) is 3. The number of amides is 7. The first-order valence-corrected chi connectivity index (χ1v) is 36.8. The summed E-state index contributed by atoms with van der Waals surface area (Å²) in [6.45, 7) is 32.2. The van der Waals surface area contributed by atoms with Crippen molar-refractivity contribution in [3.63, 3.8) is 0 Å². The minimum Gasteiger partial charge on any atom is -0.390 e. The molecule has 14 atom stereocenters. The van der Waals surface area contributed by atoms with Crippen LogP contribution in [-0.2, 0) is 75.7 Å². The summed E-state index contributed by atoms with van der Waals surface area (Å²) >= 11 is 0. The van der Waals surface area contributed by atoms with Gasteiger partial charge in [-0.2, -0.15) is 0 Å². The zero-order chi connectivity index (χ0) is 74.9. The molecule has 4 N–H and O–H groups in total. The maximum Gasteiger partial charge on any atom is 0.245 e. The first-order chi connectivity index (χ1) is 46.4. The van der Waals surface area contributed by atoms with Gasteiger partial charge in [-0.25, -0.2) is 4.68 Å². The third kappa shape index (κ3) is 27.0. The average molecular weight is 1400 g/mol. The fourth-order valence-electron chi connectivity index (χ4n) is 13.8. The van der Waals surface area contributed by atoms with E-state index in [-0.39, 0.29) is 69.3 Å². The van der Waals surface area contributed by atoms with Crippen LogP contribution in [0.25, 0.3) is 0 Å². The molecule has 99 heavy (non-hydrogen) atoms. The molecule has 0 unspecified atom stereocenters. The maximum absolute atomic E-state index is 15.2. The van der Waals surface area contributed by atoms with Crippen molar-refractivity contribution in [2.45, 2.75) is 262 Å². The molecule has 564 valence electrons. The molecule has 0 aromatic carbocycles. The number of ether oxygens (including phenoxy) is 2. The Labute approximate surface area is 591 Å². The van der Waals surface area contributed by atoms with Gasteiger partial charge in [0.05, 0.1) is 43.5 Å². The highest BCUT2D eigenvalue weighted by Crippen LogP contribution is 2.29. The number of carbonyl (C=O) groups excluding carboxylic acids is 11. The quantitative estimate of drug-likeness (QED) is 0.0885. The molecule has 3 rings (SSSR count). The van der Waals surface area contributed by atoms with Crippen LogP contribution in [0.15, 0.2) is 0 Å². The van der Waals surface area contributed by atoms with E-state index in [1.807, 2.05) is 41.5 Å². The second-order valence-electron chi connectivity index (χ2n) is 30.6. The van der Waals surface area contributed by atoms with Gasteiger partial charge in [-0.3, -0.25) is 57.6 Å². The van der Waals surface area contributed by atoms with Gasteiger partial charge in [-0.1, -0.05) is 110 Å². The van der Waals surface area contributed by atoms with Gasteiger partial charge in [0, 0.05) is 111 Å². The lowest BCUT2D eigenvalue weighted by Crippen LogP contribution is -2.61. The van der Waals surface area contributed by atoms with E-state index in [0.717, 1.165) is 38.9 Å². The molecular weight excluding hydrogens is 1270 g/mol. The van der Waals surface area contributed by atoms with E-state index >= 15 is 14.4 Å². The number of nitrogens with one attached hydrogen (secondary N) is 3. The van der Waals surface area contributed by atoms with Crippen LogP contribution in [0.2, 0.25) is 0 Å². The standard InChI is InChI=1S/C73H128N12O14/c1-22-55-58(86)40-50(14)70(94)83(20)65(52(16)99-33-27-26-30-85-31-34-98-35-32-85)61(89)42-54(46(8)9)73(97)81(18)56(37-44(4)5)59(87)39-49(13)67(91)74-51(15)71(95)80(17)57(38-45(6)7)60(88)41-53(36-43(2)3)72(96)82(19)64(47(10)11)69(93)76-63(68(92)75-55)66(90)48(12)28-24-23-25-29-62-77-78-79-84(62)21/h43-57,63-66,90H,22-42H2,1-21H3,(H,74,91)(H,75,92)(H,76,93)/t48-,49-,50+,51-,52-,53-,54+,55+,56+,57+,63+,64+,65+,66-/m1/s1. The molecule has 0 spiro atoms. The normalized spacial score (nSPS) is 26.9. The second kappa shape index (κ2) is 42.3. The number of nitrogens with zero attached hydrogens (tertiary/aromatic N) is 9. The predicted octanol–water partition coefficient (Wildman–Crippen LogP) is 5.83. The third-order valence-electron chi connectivity index (χ3n) is 19.9. The monoisotopic (exact) mass is 1400 g/mol. The number of aryl methyl sites for hydroxylation is 2. The van der Waals surface area contributed by atoms with Crippen molar-refractivity contribution >= 4 is 64.5 Å². The zero-order valence-electron chi connectivity index (χ0n) is 64.1. The number of carbonyl (C=O) groups is 11. The number of rotatable bonds is 24. The van der Waals surface area contributed by atoms with Crippen molar-refractivity contribution in [1.82, 2.24) is 60.7 Å². The highest BCUT2D eigenvalue weighted by Gasteiger charge is 2.44. The predicted molar refractivity (Wildman–Crippen MR) is 378 cm³/mol. The molecule has 1 aromatic rings. The van der Waals surface area contributed by atoms with Crippen molar-refractivity contribution in [3.8, 4) is 0 Å². The minimum atomic E-state index is -1.66. The second-order valence-corrected chi connectivity index (χ2v) is 30.6. The topological polar surface area (TPSA) is 322 Å². The Balaban J connectivity index is 2.23. The SMILES string of the molecule is CC[C@@H]1NC(=O)[C@H]([C@H](O)[C@H](C)CCCCCc2nnnn2C)NC(=O)[C@H](C(C)C)N(C)C(=O)[C@H](CC(C)C)CC(=O)[C@H](CC(C)C)N(C)C(=O)[C@@H](C)NC(=O)[C@H](C)CC(=O)[C@H](CC(C)C)N(C)C(=O)[C@H](C(C)C)CC(=O)[C@H]([C@@H](C)OCCCCN2CCOCC2)N(C)C(=O)[C@@H](C)CC1=O. The van der Waals surface area contributed by atoms with E-state index in [1.165, 1.54) is 54.7 Å². The van der Waals surface area contributed by atoms with Crippen molar-refractivity contribution < 1.29 is 67.3 Å². The summed E-state index contributed by atoms with van der Waals surface area (Å²) in [5.74, 6) is -11.5. The molecule has 2 aliphatic heterocycles. The molecule has 7 amide bonds. The molecule has 2 aliphatic rings. The Morgan fingerprint density at radius 1 is 0.556 bits per heavy atom. The van der Waals surface area contributed by atoms with E-state index in [4.69, 9.17) is 9.47 Å². The lowest BCUT2D eigenvalue weighted by atomic mass is 9.85. The van der Waals surface area contributed by atoms with Gasteiger partial charge in [0.15, 0.2) is 29.0 Å². The molecule has 2 saturated heterocycles. The van der Waals surface area contributed by atoms with Crippen LogP contribution in [0.5, 0.6) is 0 Å². The van der Waals surface area contributed by atoms with Gasteiger partial charge < -0.3 is 50.1 Å². The Kier molecular flexibility index (Phi) is 37.2. The van der Waals surface area contributed by atoms with Crippen LogP contribution in [-0.4, -0.2) is 236 Å². The molecule has 3 heterocycles. The largest absolute Gasteiger partial charge is 0.390 e. The van der Waals surface area contributed by atoms with Crippen molar-refractivity contribution in [3.05, 3.63) is 5.82 Å². The number of hydrogen-bond acceptors (Lipinski definition) is 18. The van der Waals surface area contributed by atoms with Crippen molar-refractivity contribution in [1.29, 1.82) is 0 Å². The third-order valence-corrected chi connectivity index (χ3v) is 19.9. The zero-order valence-corrected chi connectivity index (χ0v) is 64.1. The van der Waals surface area contributed by atoms with Crippen LogP contribution in [0, 0.1) is 59.2 Å². The summed E-state index contributed by atoms with van der Waals surface area (Å²) in [6, 6.07) is -8.58. The number of morpholine rings is 1. The van der Waals surface area contributed by atoms with Crippen molar-refractivity contribution in [2.24, 2.45) is 66.2 Å². The van der Waals surface area contributed by atoms with Gasteiger partial charge in [0.25, 0.3) is 0 Å². The lowest BCUT2D eigenvalue weighted by molar-refractivity contribution is -0.150. The van der Waals surface area contributed by atoms with Crippen LogP contribution in [0.1, 0.15) is 206 Å². The van der Waals surface area contributed by atoms with Gasteiger partial charge >= 0.3 is 0 Å². The highest BCUT2D eigenvalue weighted by molar-refractivity contribution is 6.00. The molecule has 2 fully saturated rings. The summed E-state index contributed by atoms with van der Waals surface area (Å²) < 4.78 is 13.5. The van der Waals surface area contributed by atoms with Gasteiger partial charge in [0.1, 0.15) is 24.2 Å². The molecule has 0 bridgehead atoms. The number of hydrogen-bond donors (Lipinski definition) is 4. The summed E-state index contributed by atoms with van der Waals surface area (Å²) in [4.78, 5) is 170. The maximum atomic E-state index is 15.2.